The number of nitrogens with one attached hydrogen (secondary N) is 1. The molecule has 0 aliphatic carbocycles. The van der Waals surface area contributed by atoms with Crippen molar-refractivity contribution in [1.29, 1.82) is 0 Å². The van der Waals surface area contributed by atoms with E-state index < -0.39 is 0 Å². The lowest BCUT2D eigenvalue weighted by Gasteiger charge is -2.03. The summed E-state index contributed by atoms with van der Waals surface area (Å²) in [5.41, 5.74) is 6.29. The van der Waals surface area contributed by atoms with Crippen LogP contribution in [0.4, 0.5) is 0 Å². The molecule has 0 spiro atoms. The highest BCUT2D eigenvalue weighted by molar-refractivity contribution is 6.02. The molecule has 1 N–H and O–H groups in total. The van der Waals surface area contributed by atoms with Gasteiger partial charge in [-0.3, -0.25) is 4.79 Å². The Kier molecular flexibility index (Phi) is 4.33. The molecule has 0 aliphatic heterocycles. The van der Waals surface area contributed by atoms with Crippen LogP contribution >= 0.6 is 0 Å². The fourth-order valence-electron chi connectivity index (χ4n) is 2.70. The second kappa shape index (κ2) is 6.58. The third-order valence-corrected chi connectivity index (χ3v) is 4.14. The Balaban J connectivity index is 1.82. The van der Waals surface area contributed by atoms with Crippen LogP contribution in [0.1, 0.15) is 21.6 Å². The topological polar surface area (TPSA) is 55.6 Å². The number of carbonyl (C=O) groups excluding carboxylic acids is 1. The zero-order valence-electron chi connectivity index (χ0n) is 13.9. The van der Waals surface area contributed by atoms with E-state index in [0.717, 1.165) is 22.2 Å². The molecule has 1 aromatic heterocycles. The van der Waals surface area contributed by atoms with E-state index in [-0.39, 0.29) is 5.91 Å². The van der Waals surface area contributed by atoms with Crippen LogP contribution in [0.2, 0.25) is 0 Å². The molecular formula is C19H19N3O2. The monoisotopic (exact) mass is 321 g/mol. The molecule has 1 heterocycles. The van der Waals surface area contributed by atoms with Crippen molar-refractivity contribution in [3.05, 3.63) is 65.4 Å². The first-order chi connectivity index (χ1) is 11.6. The highest BCUT2D eigenvalue weighted by Gasteiger charge is 2.10. The van der Waals surface area contributed by atoms with Crippen molar-refractivity contribution in [1.82, 2.24) is 9.99 Å². The van der Waals surface area contributed by atoms with Gasteiger partial charge in [0.25, 0.3) is 5.91 Å². The number of hydrogen-bond donors (Lipinski definition) is 1. The fraction of sp³-hybridized carbons (Fsp3) is 0.158. The van der Waals surface area contributed by atoms with Gasteiger partial charge in [-0.2, -0.15) is 5.10 Å². The van der Waals surface area contributed by atoms with Gasteiger partial charge in [-0.1, -0.05) is 24.3 Å². The van der Waals surface area contributed by atoms with Crippen molar-refractivity contribution in [3.63, 3.8) is 0 Å². The average Bonchev–Trinajstić information content (AvgIpc) is 2.87. The Bertz CT molecular complexity index is 926. The maximum Gasteiger partial charge on any atom is 0.271 e. The second-order valence-electron chi connectivity index (χ2n) is 5.51. The highest BCUT2D eigenvalue weighted by Crippen LogP contribution is 2.23. The Morgan fingerprint density at radius 3 is 2.79 bits per heavy atom. The Hall–Kier alpha value is -3.08. The van der Waals surface area contributed by atoms with Gasteiger partial charge in [0.1, 0.15) is 5.75 Å². The predicted octanol–water partition coefficient (Wildman–Crippen LogP) is 3.26. The number of rotatable bonds is 4. The minimum atomic E-state index is -0.275. The lowest BCUT2D eigenvalue weighted by molar-refractivity contribution is 0.0955. The van der Waals surface area contributed by atoms with Crippen LogP contribution in [0.5, 0.6) is 5.75 Å². The third kappa shape index (κ3) is 2.88. The van der Waals surface area contributed by atoms with Crippen LogP contribution in [-0.2, 0) is 7.05 Å². The number of hydrazone groups is 1. The number of hydrogen-bond acceptors (Lipinski definition) is 3. The van der Waals surface area contributed by atoms with Crippen LogP contribution in [0, 0.1) is 6.92 Å². The highest BCUT2D eigenvalue weighted by atomic mass is 16.5. The minimum absolute atomic E-state index is 0.275. The number of amides is 1. The first-order valence-electron chi connectivity index (χ1n) is 7.63. The molecule has 5 nitrogen and oxygen atoms in total. The van der Waals surface area contributed by atoms with Gasteiger partial charge in [-0.05, 0) is 31.2 Å². The molecule has 0 aliphatic rings. The Morgan fingerprint density at radius 1 is 1.21 bits per heavy atom. The number of fused-ring (bicyclic) bond motifs is 1. The van der Waals surface area contributed by atoms with Gasteiger partial charge in [0.2, 0.25) is 0 Å². The van der Waals surface area contributed by atoms with Crippen LogP contribution in [0.15, 0.2) is 53.6 Å². The molecule has 0 saturated heterocycles. The summed E-state index contributed by atoms with van der Waals surface area (Å²) in [5, 5.41) is 5.23. The molecular weight excluding hydrogens is 302 g/mol. The Labute approximate surface area is 140 Å². The van der Waals surface area contributed by atoms with Gasteiger partial charge in [-0.15, -0.1) is 0 Å². The maximum atomic E-state index is 12.2. The number of carbonyl (C=O) groups is 1. The molecule has 5 heteroatoms. The average molecular weight is 321 g/mol. The normalized spacial score (nSPS) is 11.1. The third-order valence-electron chi connectivity index (χ3n) is 4.14. The van der Waals surface area contributed by atoms with E-state index in [2.05, 4.69) is 21.2 Å². The van der Waals surface area contributed by atoms with E-state index in [4.69, 9.17) is 4.74 Å². The van der Waals surface area contributed by atoms with Gasteiger partial charge in [0, 0.05) is 34.8 Å². The Morgan fingerprint density at radius 2 is 2.00 bits per heavy atom. The van der Waals surface area contributed by atoms with Crippen molar-refractivity contribution < 1.29 is 9.53 Å². The minimum Gasteiger partial charge on any atom is -0.497 e. The summed E-state index contributed by atoms with van der Waals surface area (Å²) in [6.45, 7) is 2.03. The molecule has 0 fully saturated rings. The molecule has 1 amide bonds. The zero-order valence-corrected chi connectivity index (χ0v) is 13.9. The molecule has 24 heavy (non-hydrogen) atoms. The first kappa shape index (κ1) is 15.8. The van der Waals surface area contributed by atoms with Crippen molar-refractivity contribution in [2.45, 2.75) is 6.92 Å². The second-order valence-corrected chi connectivity index (χ2v) is 5.51. The van der Waals surface area contributed by atoms with E-state index in [9.17, 15) is 4.79 Å². The molecule has 2 aromatic carbocycles. The first-order valence-corrected chi connectivity index (χ1v) is 7.63. The molecule has 0 atom stereocenters. The lowest BCUT2D eigenvalue weighted by atomic mass is 10.1. The summed E-state index contributed by atoms with van der Waals surface area (Å²) in [5.74, 6) is 0.361. The number of methoxy groups -OCH3 is 1. The summed E-state index contributed by atoms with van der Waals surface area (Å²) in [6.07, 6.45) is 1.69. The largest absolute Gasteiger partial charge is 0.497 e. The van der Waals surface area contributed by atoms with E-state index in [1.807, 2.05) is 32.2 Å². The quantitative estimate of drug-likeness (QED) is 0.592. The number of para-hydroxylation sites is 1. The van der Waals surface area contributed by atoms with Crippen molar-refractivity contribution in [2.24, 2.45) is 12.1 Å². The van der Waals surface area contributed by atoms with Gasteiger partial charge in [0.15, 0.2) is 0 Å². The van der Waals surface area contributed by atoms with E-state index in [1.54, 1.807) is 37.6 Å². The molecule has 122 valence electrons. The number of aryl methyl sites for hydroxylation is 1. The van der Waals surface area contributed by atoms with Gasteiger partial charge in [-0.25, -0.2) is 5.43 Å². The van der Waals surface area contributed by atoms with Crippen LogP contribution in [0.25, 0.3) is 10.9 Å². The van der Waals surface area contributed by atoms with Crippen molar-refractivity contribution >= 4 is 23.0 Å². The summed E-state index contributed by atoms with van der Waals surface area (Å²) in [4.78, 5) is 12.2. The van der Waals surface area contributed by atoms with Crippen molar-refractivity contribution in [3.8, 4) is 5.75 Å². The molecule has 0 saturated carbocycles. The van der Waals surface area contributed by atoms with Crippen LogP contribution < -0.4 is 10.2 Å². The van der Waals surface area contributed by atoms with E-state index >= 15 is 0 Å². The number of ether oxygens (including phenoxy) is 1. The van der Waals surface area contributed by atoms with Crippen LogP contribution in [0.3, 0.4) is 0 Å². The molecule has 0 radical (unpaired) electrons. The summed E-state index contributed by atoms with van der Waals surface area (Å²) in [7, 11) is 3.59. The van der Waals surface area contributed by atoms with E-state index in [0.29, 0.717) is 11.3 Å². The predicted molar refractivity (Wildman–Crippen MR) is 95.7 cm³/mol. The van der Waals surface area contributed by atoms with Crippen molar-refractivity contribution in [2.75, 3.05) is 7.11 Å². The molecule has 0 bridgehead atoms. The lowest BCUT2D eigenvalue weighted by Crippen LogP contribution is -2.17. The number of nitrogens with zero attached hydrogens (tertiary/aromatic N) is 2. The molecule has 3 aromatic rings. The number of benzene rings is 2. The summed E-state index contributed by atoms with van der Waals surface area (Å²) >= 11 is 0. The summed E-state index contributed by atoms with van der Waals surface area (Å²) in [6, 6.07) is 15.1. The maximum absolute atomic E-state index is 12.2. The fourth-order valence-corrected chi connectivity index (χ4v) is 2.70. The van der Waals surface area contributed by atoms with Gasteiger partial charge < -0.3 is 9.30 Å². The molecule has 0 unspecified atom stereocenters. The van der Waals surface area contributed by atoms with Gasteiger partial charge in [0.05, 0.1) is 13.3 Å². The SMILES string of the molecule is COc1cccc(C(=O)N/N=C/c2c(C)n(C)c3ccccc23)c1. The number of aromatic nitrogens is 1. The van der Waals surface area contributed by atoms with E-state index in [1.165, 1.54) is 0 Å². The summed E-state index contributed by atoms with van der Waals surface area (Å²) < 4.78 is 7.24. The van der Waals surface area contributed by atoms with Crippen LogP contribution in [-0.4, -0.2) is 23.8 Å². The van der Waals surface area contributed by atoms with Gasteiger partial charge >= 0.3 is 0 Å². The molecule has 3 rings (SSSR count). The smallest absolute Gasteiger partial charge is 0.271 e. The standard InChI is InChI=1S/C19H19N3O2/c1-13-17(16-9-4-5-10-18(16)22(13)2)12-20-21-19(23)14-7-6-8-15(11-14)24-3/h4-12H,1-3H3,(H,21,23)/b20-12+. The zero-order chi connectivity index (χ0) is 17.1.